The summed E-state index contributed by atoms with van der Waals surface area (Å²) in [6.07, 6.45) is 0. The lowest BCUT2D eigenvalue weighted by Crippen LogP contribution is -2.03. The van der Waals surface area contributed by atoms with Crippen molar-refractivity contribution < 1.29 is 0 Å². The number of rotatable bonds is 3. The number of nitrogens with zero attached hydrogens (tertiary/aromatic N) is 4. The van der Waals surface area contributed by atoms with Gasteiger partial charge < -0.3 is 5.84 Å². The summed E-state index contributed by atoms with van der Waals surface area (Å²) in [7, 11) is 0. The molecular weight excluding hydrogens is 286 g/mol. The number of nitriles is 1. The lowest BCUT2D eigenvalue weighted by atomic mass is 10.0. The molecule has 0 fully saturated rings. The van der Waals surface area contributed by atoms with Crippen molar-refractivity contribution in [2.24, 2.45) is 10.9 Å². The molecule has 2 N–H and O–H groups in total. The minimum atomic E-state index is 0.465. The molecule has 0 aliphatic carbocycles. The summed E-state index contributed by atoms with van der Waals surface area (Å²) in [4.78, 5) is 0. The van der Waals surface area contributed by atoms with Crippen molar-refractivity contribution in [1.29, 1.82) is 5.26 Å². The molecule has 3 rings (SSSR count). The Morgan fingerprint density at radius 1 is 1.09 bits per heavy atom. The van der Waals surface area contributed by atoms with E-state index in [9.17, 15) is 5.26 Å². The molecule has 0 aliphatic heterocycles. The maximum absolute atomic E-state index is 9.67. The molecule has 2 aromatic carbocycles. The quantitative estimate of drug-likeness (QED) is 0.458. The first-order chi connectivity index (χ1) is 11.3. The van der Waals surface area contributed by atoms with Gasteiger partial charge in [-0.1, -0.05) is 48.5 Å². The summed E-state index contributed by atoms with van der Waals surface area (Å²) in [6.45, 7) is 1.74. The van der Waals surface area contributed by atoms with Crippen molar-refractivity contribution in [3.8, 4) is 23.0 Å². The highest BCUT2D eigenvalue weighted by Gasteiger charge is 2.21. The van der Waals surface area contributed by atoms with Gasteiger partial charge in [0.05, 0.1) is 17.1 Å². The normalized spacial score (nSPS) is 11.2. The smallest absolute Gasteiger partial charge is 0.127 e. The summed E-state index contributed by atoms with van der Waals surface area (Å²) in [5, 5.41) is 17.9. The molecule has 0 aliphatic rings. The minimum absolute atomic E-state index is 0.465. The van der Waals surface area contributed by atoms with Crippen LogP contribution < -0.4 is 5.84 Å². The van der Waals surface area contributed by atoms with Gasteiger partial charge in [-0.05, 0) is 19.1 Å². The van der Waals surface area contributed by atoms with Gasteiger partial charge in [0.25, 0.3) is 0 Å². The first kappa shape index (κ1) is 14.5. The van der Waals surface area contributed by atoms with E-state index in [1.165, 1.54) is 0 Å². The fourth-order valence-corrected chi connectivity index (χ4v) is 2.46. The van der Waals surface area contributed by atoms with E-state index in [0.717, 1.165) is 16.9 Å². The lowest BCUT2D eigenvalue weighted by Gasteiger charge is -2.07. The number of hydrogen-bond acceptors (Lipinski definition) is 4. The average Bonchev–Trinajstić information content (AvgIpc) is 3.02. The van der Waals surface area contributed by atoms with Crippen LogP contribution in [0.4, 0.5) is 0 Å². The predicted octanol–water partition coefficient (Wildman–Crippen LogP) is 3.09. The second-order valence-corrected chi connectivity index (χ2v) is 5.01. The minimum Gasteiger partial charge on any atom is -0.323 e. The van der Waals surface area contributed by atoms with E-state index in [1.54, 1.807) is 11.6 Å². The maximum atomic E-state index is 9.67. The van der Waals surface area contributed by atoms with E-state index < -0.39 is 0 Å². The molecule has 1 aromatic heterocycles. The van der Waals surface area contributed by atoms with E-state index in [1.807, 2.05) is 60.7 Å². The zero-order valence-corrected chi connectivity index (χ0v) is 12.6. The van der Waals surface area contributed by atoms with E-state index in [0.29, 0.717) is 17.0 Å². The van der Waals surface area contributed by atoms with Gasteiger partial charge in [-0.3, -0.25) is 0 Å². The molecule has 0 saturated carbocycles. The molecule has 5 nitrogen and oxygen atoms in total. The van der Waals surface area contributed by atoms with Gasteiger partial charge in [-0.2, -0.15) is 15.5 Å². The zero-order valence-electron chi connectivity index (χ0n) is 12.6. The van der Waals surface area contributed by atoms with Crippen LogP contribution in [0.15, 0.2) is 65.8 Å². The van der Waals surface area contributed by atoms with Crippen LogP contribution in [0.1, 0.15) is 18.2 Å². The summed E-state index contributed by atoms with van der Waals surface area (Å²) in [6, 6.07) is 21.6. The van der Waals surface area contributed by atoms with Crippen molar-refractivity contribution in [2.75, 3.05) is 0 Å². The van der Waals surface area contributed by atoms with Crippen molar-refractivity contribution >= 4 is 5.71 Å². The number of hydrazone groups is 1. The fourth-order valence-electron chi connectivity index (χ4n) is 2.46. The molecule has 112 valence electrons. The number of aromatic nitrogens is 2. The van der Waals surface area contributed by atoms with E-state index in [2.05, 4.69) is 16.3 Å². The summed E-state index contributed by atoms with van der Waals surface area (Å²) in [5.74, 6) is 5.39. The molecular formula is C18H15N5. The molecule has 0 spiro atoms. The SMILES string of the molecule is C/C(=N\N)c1nn(-c2ccccc2)c(-c2ccccc2)c1C#N. The molecule has 0 bridgehead atoms. The Balaban J connectivity index is 2.35. The highest BCUT2D eigenvalue weighted by atomic mass is 15.3. The van der Waals surface area contributed by atoms with Gasteiger partial charge in [0.15, 0.2) is 0 Å². The topological polar surface area (TPSA) is 80.0 Å². The third-order valence-corrected chi connectivity index (χ3v) is 3.58. The average molecular weight is 301 g/mol. The van der Waals surface area contributed by atoms with Crippen LogP contribution in [0.3, 0.4) is 0 Å². The van der Waals surface area contributed by atoms with Crippen LogP contribution in [-0.4, -0.2) is 15.5 Å². The van der Waals surface area contributed by atoms with Crippen molar-refractivity contribution in [1.82, 2.24) is 9.78 Å². The van der Waals surface area contributed by atoms with Gasteiger partial charge in [0.1, 0.15) is 17.3 Å². The van der Waals surface area contributed by atoms with E-state index in [-0.39, 0.29) is 0 Å². The molecule has 23 heavy (non-hydrogen) atoms. The molecule has 5 heteroatoms. The van der Waals surface area contributed by atoms with E-state index in [4.69, 9.17) is 5.84 Å². The van der Waals surface area contributed by atoms with Gasteiger partial charge >= 0.3 is 0 Å². The number of hydrogen-bond donors (Lipinski definition) is 1. The first-order valence-electron chi connectivity index (χ1n) is 7.15. The maximum Gasteiger partial charge on any atom is 0.127 e. The van der Waals surface area contributed by atoms with Crippen LogP contribution in [0.2, 0.25) is 0 Å². The molecule has 0 saturated heterocycles. The largest absolute Gasteiger partial charge is 0.323 e. The molecule has 0 radical (unpaired) electrons. The lowest BCUT2D eigenvalue weighted by molar-refractivity contribution is 0.882. The summed E-state index contributed by atoms with van der Waals surface area (Å²) >= 11 is 0. The van der Waals surface area contributed by atoms with Crippen molar-refractivity contribution in [3.63, 3.8) is 0 Å². The van der Waals surface area contributed by atoms with E-state index >= 15 is 0 Å². The van der Waals surface area contributed by atoms with Gasteiger partial charge in [-0.25, -0.2) is 4.68 Å². The molecule has 0 unspecified atom stereocenters. The molecule has 3 aromatic rings. The van der Waals surface area contributed by atoms with Gasteiger partial charge in [0, 0.05) is 5.56 Å². The van der Waals surface area contributed by atoms with Crippen molar-refractivity contribution in [3.05, 3.63) is 71.9 Å². The van der Waals surface area contributed by atoms with Crippen LogP contribution in [0.5, 0.6) is 0 Å². The highest BCUT2D eigenvalue weighted by Crippen LogP contribution is 2.29. The monoisotopic (exact) mass is 301 g/mol. The number of para-hydroxylation sites is 1. The molecule has 1 heterocycles. The molecule has 0 amide bonds. The second-order valence-electron chi connectivity index (χ2n) is 5.01. The summed E-state index contributed by atoms with van der Waals surface area (Å²) in [5.41, 5.74) is 4.01. The Morgan fingerprint density at radius 2 is 1.70 bits per heavy atom. The van der Waals surface area contributed by atoms with Gasteiger partial charge in [-0.15, -0.1) is 0 Å². The Bertz CT molecular complexity index is 886. The summed E-state index contributed by atoms with van der Waals surface area (Å²) < 4.78 is 1.76. The number of nitrogens with two attached hydrogens (primary N) is 1. The van der Waals surface area contributed by atoms with Crippen LogP contribution >= 0.6 is 0 Å². The zero-order chi connectivity index (χ0) is 16.2. The Kier molecular flexibility index (Phi) is 3.89. The standard InChI is InChI=1S/C18H15N5/c1-13(21-20)17-16(12-19)18(14-8-4-2-5-9-14)23(22-17)15-10-6-3-7-11-15/h2-11H,20H2,1H3/b21-13+. The first-order valence-corrected chi connectivity index (χ1v) is 7.15. The second kappa shape index (κ2) is 6.16. The number of benzene rings is 2. The van der Waals surface area contributed by atoms with Crippen LogP contribution in [0.25, 0.3) is 16.9 Å². The Morgan fingerprint density at radius 3 is 2.26 bits per heavy atom. The fraction of sp³-hybridized carbons (Fsp3) is 0.0556. The highest BCUT2D eigenvalue weighted by molar-refractivity contribution is 6.00. The Hall–Kier alpha value is -3.39. The third kappa shape index (κ3) is 2.58. The molecule has 0 atom stereocenters. The van der Waals surface area contributed by atoms with Gasteiger partial charge in [0.2, 0.25) is 0 Å². The Labute approximate surface area is 134 Å². The van der Waals surface area contributed by atoms with Crippen LogP contribution in [-0.2, 0) is 0 Å². The predicted molar refractivity (Wildman–Crippen MR) is 90.1 cm³/mol. The van der Waals surface area contributed by atoms with Crippen molar-refractivity contribution in [2.45, 2.75) is 6.92 Å². The van der Waals surface area contributed by atoms with Crippen LogP contribution in [0, 0.1) is 11.3 Å². The third-order valence-electron chi connectivity index (χ3n) is 3.58.